The molecule has 1 aliphatic rings. The molecule has 0 atom stereocenters. The molecule has 0 saturated carbocycles. The Morgan fingerprint density at radius 1 is 1.24 bits per heavy atom. The number of imide groups is 1. The highest BCUT2D eigenvalue weighted by Gasteiger charge is 2.26. The Balaban J connectivity index is 2.07. The van der Waals surface area contributed by atoms with Crippen LogP contribution in [0.2, 0.25) is 0 Å². The number of carbonyl (C=O) groups excluding carboxylic acids is 3. The van der Waals surface area contributed by atoms with E-state index in [0.717, 1.165) is 10.5 Å². The minimum absolute atomic E-state index is 0.258. The van der Waals surface area contributed by atoms with Gasteiger partial charge in [0.15, 0.2) is 0 Å². The normalized spacial score (nSPS) is 15.8. The van der Waals surface area contributed by atoms with Gasteiger partial charge in [-0.05, 0) is 31.4 Å². The van der Waals surface area contributed by atoms with Gasteiger partial charge in [0.25, 0.3) is 0 Å². The molecule has 0 spiro atoms. The lowest BCUT2D eigenvalue weighted by Crippen LogP contribution is -2.41. The molecule has 6 heteroatoms. The van der Waals surface area contributed by atoms with Gasteiger partial charge in [-0.25, -0.2) is 0 Å². The number of anilines is 2. The van der Waals surface area contributed by atoms with Crippen molar-refractivity contribution in [3.05, 3.63) is 23.8 Å². The minimum atomic E-state index is -0.417. The molecule has 21 heavy (non-hydrogen) atoms. The van der Waals surface area contributed by atoms with Gasteiger partial charge in [-0.1, -0.05) is 12.1 Å². The number of nitrogens with one attached hydrogen (secondary N) is 1. The van der Waals surface area contributed by atoms with Gasteiger partial charge in [-0.2, -0.15) is 0 Å². The molecule has 0 bridgehead atoms. The van der Waals surface area contributed by atoms with Crippen LogP contribution in [-0.4, -0.2) is 29.2 Å². The molecule has 0 aromatic heterocycles. The van der Waals surface area contributed by atoms with Gasteiger partial charge in [0.05, 0.1) is 11.4 Å². The number of amides is 3. The fourth-order valence-electron chi connectivity index (χ4n) is 2.32. The molecule has 2 rings (SSSR count). The van der Waals surface area contributed by atoms with E-state index in [1.165, 1.54) is 0 Å². The van der Waals surface area contributed by atoms with E-state index in [0.29, 0.717) is 37.1 Å². The minimum Gasteiger partial charge on any atom is -0.397 e. The Bertz CT molecular complexity index is 545. The molecule has 0 aliphatic carbocycles. The van der Waals surface area contributed by atoms with Crippen LogP contribution in [0.15, 0.2) is 18.2 Å². The summed E-state index contributed by atoms with van der Waals surface area (Å²) in [4.78, 5) is 36.8. The molecular weight excluding hydrogens is 270 g/mol. The van der Waals surface area contributed by atoms with E-state index in [4.69, 9.17) is 5.73 Å². The SMILES string of the molecule is Cc1cccc(N)c1NC(=O)CN1C(=O)CCCCC1=O. The van der Waals surface area contributed by atoms with E-state index in [-0.39, 0.29) is 18.4 Å². The number of likely N-dealkylation sites (tertiary alicyclic amines) is 1. The van der Waals surface area contributed by atoms with Gasteiger partial charge in [0.1, 0.15) is 6.54 Å². The lowest BCUT2D eigenvalue weighted by Gasteiger charge is -2.19. The maximum absolute atomic E-state index is 12.1. The average Bonchev–Trinajstić information content (AvgIpc) is 2.58. The Kier molecular flexibility index (Phi) is 4.57. The van der Waals surface area contributed by atoms with Crippen molar-refractivity contribution in [1.29, 1.82) is 0 Å². The summed E-state index contributed by atoms with van der Waals surface area (Å²) in [5.74, 6) is -0.990. The van der Waals surface area contributed by atoms with Gasteiger partial charge >= 0.3 is 0 Å². The van der Waals surface area contributed by atoms with Gasteiger partial charge in [-0.15, -0.1) is 0 Å². The Morgan fingerprint density at radius 2 is 1.86 bits per heavy atom. The zero-order valence-electron chi connectivity index (χ0n) is 12.0. The standard InChI is InChI=1S/C15H19N3O3/c1-10-5-4-6-11(16)15(10)17-12(19)9-18-13(20)7-2-3-8-14(18)21/h4-6H,2-3,7-9,16H2,1H3,(H,17,19). The van der Waals surface area contributed by atoms with Gasteiger partial charge in [-0.3, -0.25) is 19.3 Å². The van der Waals surface area contributed by atoms with Gasteiger partial charge < -0.3 is 11.1 Å². The van der Waals surface area contributed by atoms with Crippen LogP contribution in [0.4, 0.5) is 11.4 Å². The molecule has 0 unspecified atom stereocenters. The van der Waals surface area contributed by atoms with Crippen LogP contribution in [0.5, 0.6) is 0 Å². The maximum Gasteiger partial charge on any atom is 0.244 e. The molecule has 112 valence electrons. The van der Waals surface area contributed by atoms with Gasteiger partial charge in [0.2, 0.25) is 17.7 Å². The predicted octanol–water partition coefficient (Wildman–Crippen LogP) is 1.44. The molecule has 6 nitrogen and oxygen atoms in total. The monoisotopic (exact) mass is 289 g/mol. The predicted molar refractivity (Wildman–Crippen MR) is 79.4 cm³/mol. The molecule has 1 aromatic rings. The van der Waals surface area contributed by atoms with Crippen molar-refractivity contribution in [2.24, 2.45) is 0 Å². The Labute approximate surface area is 123 Å². The second kappa shape index (κ2) is 6.39. The molecule has 0 radical (unpaired) electrons. The number of nitrogens with zero attached hydrogens (tertiary/aromatic N) is 1. The van der Waals surface area contributed by atoms with E-state index in [1.807, 2.05) is 13.0 Å². The zero-order valence-corrected chi connectivity index (χ0v) is 12.0. The Hall–Kier alpha value is -2.37. The Morgan fingerprint density at radius 3 is 2.43 bits per heavy atom. The average molecular weight is 289 g/mol. The highest BCUT2D eigenvalue weighted by atomic mass is 16.2. The number of aryl methyl sites for hydroxylation is 1. The smallest absolute Gasteiger partial charge is 0.244 e. The molecule has 3 N–H and O–H groups in total. The third kappa shape index (κ3) is 3.59. The maximum atomic E-state index is 12.1. The molecular formula is C15H19N3O3. The fourth-order valence-corrected chi connectivity index (χ4v) is 2.32. The molecule has 1 aromatic carbocycles. The number of rotatable bonds is 3. The first-order chi connectivity index (χ1) is 9.99. The summed E-state index contributed by atoms with van der Waals surface area (Å²) in [5.41, 5.74) is 7.63. The van der Waals surface area contributed by atoms with Crippen LogP contribution in [0.25, 0.3) is 0 Å². The first-order valence-corrected chi connectivity index (χ1v) is 6.97. The van der Waals surface area contributed by atoms with Crippen molar-refractivity contribution in [3.8, 4) is 0 Å². The molecule has 1 aliphatic heterocycles. The van der Waals surface area contributed by atoms with Crippen LogP contribution >= 0.6 is 0 Å². The van der Waals surface area contributed by atoms with E-state index in [1.54, 1.807) is 12.1 Å². The van der Waals surface area contributed by atoms with Crippen LogP contribution in [0.3, 0.4) is 0 Å². The van der Waals surface area contributed by atoms with Crippen LogP contribution in [0.1, 0.15) is 31.2 Å². The number of nitrogen functional groups attached to an aromatic ring is 1. The molecule has 1 heterocycles. The largest absolute Gasteiger partial charge is 0.397 e. The van der Waals surface area contributed by atoms with Crippen LogP contribution in [0, 0.1) is 6.92 Å². The number of hydrogen-bond acceptors (Lipinski definition) is 4. The van der Waals surface area contributed by atoms with E-state index in [9.17, 15) is 14.4 Å². The highest BCUT2D eigenvalue weighted by Crippen LogP contribution is 2.22. The summed E-state index contributed by atoms with van der Waals surface area (Å²) in [7, 11) is 0. The zero-order chi connectivity index (χ0) is 15.4. The number of carbonyl (C=O) groups is 3. The second-order valence-corrected chi connectivity index (χ2v) is 5.17. The number of para-hydroxylation sites is 1. The van der Waals surface area contributed by atoms with Crippen molar-refractivity contribution < 1.29 is 14.4 Å². The first-order valence-electron chi connectivity index (χ1n) is 6.97. The lowest BCUT2D eigenvalue weighted by molar-refractivity contribution is -0.146. The van der Waals surface area contributed by atoms with E-state index < -0.39 is 5.91 Å². The quantitative estimate of drug-likeness (QED) is 0.650. The summed E-state index contributed by atoms with van der Waals surface area (Å²) < 4.78 is 0. The fraction of sp³-hybridized carbons (Fsp3) is 0.400. The third-order valence-electron chi connectivity index (χ3n) is 3.50. The van der Waals surface area contributed by atoms with Crippen molar-refractivity contribution >= 4 is 29.1 Å². The first kappa shape index (κ1) is 15.0. The van der Waals surface area contributed by atoms with Crippen LogP contribution < -0.4 is 11.1 Å². The summed E-state index contributed by atoms with van der Waals surface area (Å²) >= 11 is 0. The molecule has 1 saturated heterocycles. The number of nitrogens with two attached hydrogens (primary N) is 1. The van der Waals surface area contributed by atoms with Crippen molar-refractivity contribution in [1.82, 2.24) is 4.90 Å². The van der Waals surface area contributed by atoms with E-state index in [2.05, 4.69) is 5.32 Å². The summed E-state index contributed by atoms with van der Waals surface area (Å²) in [5, 5.41) is 2.68. The summed E-state index contributed by atoms with van der Waals surface area (Å²) in [6, 6.07) is 5.31. The molecule has 1 fully saturated rings. The topological polar surface area (TPSA) is 92.5 Å². The van der Waals surface area contributed by atoms with Crippen molar-refractivity contribution in [3.63, 3.8) is 0 Å². The van der Waals surface area contributed by atoms with Crippen molar-refractivity contribution in [2.45, 2.75) is 32.6 Å². The van der Waals surface area contributed by atoms with Crippen molar-refractivity contribution in [2.75, 3.05) is 17.6 Å². The summed E-state index contributed by atoms with van der Waals surface area (Å²) in [6.45, 7) is 1.57. The second-order valence-electron chi connectivity index (χ2n) is 5.17. The highest BCUT2D eigenvalue weighted by molar-refractivity contribution is 6.03. The lowest BCUT2D eigenvalue weighted by atomic mass is 10.1. The number of benzene rings is 1. The van der Waals surface area contributed by atoms with E-state index >= 15 is 0 Å². The summed E-state index contributed by atoms with van der Waals surface area (Å²) in [6.07, 6.45) is 2.00. The van der Waals surface area contributed by atoms with Crippen LogP contribution in [-0.2, 0) is 14.4 Å². The number of hydrogen-bond donors (Lipinski definition) is 2. The van der Waals surface area contributed by atoms with Gasteiger partial charge in [0, 0.05) is 12.8 Å². The molecule has 3 amide bonds. The third-order valence-corrected chi connectivity index (χ3v) is 3.50.